The molecular formula is C25H31N5O5. The quantitative estimate of drug-likeness (QED) is 0.612. The number of carbonyl (C=O) groups excluding carboxylic acids is 4. The molecule has 0 saturated heterocycles. The summed E-state index contributed by atoms with van der Waals surface area (Å²) >= 11 is 0. The predicted molar refractivity (Wildman–Crippen MR) is 129 cm³/mol. The van der Waals surface area contributed by atoms with Crippen LogP contribution in [-0.2, 0) is 20.9 Å². The molecule has 0 radical (unpaired) electrons. The Morgan fingerprint density at radius 1 is 1.14 bits per heavy atom. The Morgan fingerprint density at radius 3 is 2.46 bits per heavy atom. The van der Waals surface area contributed by atoms with Gasteiger partial charge in [0, 0.05) is 30.4 Å². The highest BCUT2D eigenvalue weighted by molar-refractivity contribution is 6.12. The first-order valence-electron chi connectivity index (χ1n) is 12.0. The average Bonchev–Trinajstić information content (AvgIpc) is 3.25. The van der Waals surface area contributed by atoms with Crippen LogP contribution in [0.4, 0.5) is 11.4 Å². The van der Waals surface area contributed by atoms with Crippen molar-refractivity contribution in [2.75, 3.05) is 16.8 Å². The molecule has 10 heteroatoms. The highest BCUT2D eigenvalue weighted by atomic mass is 16.5. The number of anilines is 2. The Balaban J connectivity index is 1.72. The van der Waals surface area contributed by atoms with Gasteiger partial charge in [0.15, 0.2) is 5.69 Å². The zero-order valence-electron chi connectivity index (χ0n) is 20.3. The molecule has 0 spiro atoms. The van der Waals surface area contributed by atoms with Gasteiger partial charge in [0.25, 0.3) is 5.91 Å². The lowest BCUT2D eigenvalue weighted by atomic mass is 9.91. The summed E-state index contributed by atoms with van der Waals surface area (Å²) in [5.41, 5.74) is -0.00564. The van der Waals surface area contributed by atoms with Crippen LogP contribution in [-0.4, -0.2) is 51.7 Å². The van der Waals surface area contributed by atoms with Crippen molar-refractivity contribution in [2.45, 2.75) is 71.0 Å². The van der Waals surface area contributed by atoms with Gasteiger partial charge < -0.3 is 15.4 Å². The van der Waals surface area contributed by atoms with E-state index in [1.54, 1.807) is 38.1 Å². The van der Waals surface area contributed by atoms with Gasteiger partial charge in [-0.15, -0.1) is 0 Å². The number of fused-ring (bicyclic) bond motifs is 1. The van der Waals surface area contributed by atoms with Crippen molar-refractivity contribution < 1.29 is 23.9 Å². The van der Waals surface area contributed by atoms with Crippen molar-refractivity contribution in [1.29, 1.82) is 0 Å². The van der Waals surface area contributed by atoms with Crippen LogP contribution in [0.3, 0.4) is 0 Å². The third-order valence-electron chi connectivity index (χ3n) is 6.51. The molecule has 2 N–H and O–H groups in total. The molecule has 1 aromatic carbocycles. The van der Waals surface area contributed by atoms with E-state index in [4.69, 9.17) is 4.74 Å². The predicted octanol–water partition coefficient (Wildman–Crippen LogP) is 2.89. The normalized spacial score (nSPS) is 20.2. The molecule has 4 rings (SSSR count). The van der Waals surface area contributed by atoms with Crippen LogP contribution in [0.25, 0.3) is 0 Å². The standard InChI is InChI=1S/C25H31N5O5/c1-4-35-23(33)20-14-21-22(32)30(19-12-10-18(11-13-19)26-16(2)31)25(3,15-29(21)28-20)24(34)27-17-8-6-5-7-9-17/h10-14,17H,4-9,15H2,1-3H3,(H,26,31)(H,27,34). The molecular weight excluding hydrogens is 450 g/mol. The van der Waals surface area contributed by atoms with Crippen LogP contribution in [0.5, 0.6) is 0 Å². The largest absolute Gasteiger partial charge is 0.461 e. The van der Waals surface area contributed by atoms with E-state index in [-0.39, 0.29) is 42.4 Å². The summed E-state index contributed by atoms with van der Waals surface area (Å²) in [6.45, 7) is 5.07. The number of aromatic nitrogens is 2. The molecule has 3 amide bonds. The second-order valence-corrected chi connectivity index (χ2v) is 9.24. The lowest BCUT2D eigenvalue weighted by Gasteiger charge is -2.44. The molecule has 35 heavy (non-hydrogen) atoms. The number of hydrogen-bond donors (Lipinski definition) is 2. The maximum absolute atomic E-state index is 13.7. The van der Waals surface area contributed by atoms with Crippen LogP contribution >= 0.6 is 0 Å². The third-order valence-corrected chi connectivity index (χ3v) is 6.51. The summed E-state index contributed by atoms with van der Waals surface area (Å²) in [7, 11) is 0. The van der Waals surface area contributed by atoms with Gasteiger partial charge in [0.05, 0.1) is 13.2 Å². The van der Waals surface area contributed by atoms with Crippen LogP contribution in [0, 0.1) is 0 Å². The van der Waals surface area contributed by atoms with E-state index in [1.807, 2.05) is 0 Å². The Bertz CT molecular complexity index is 1140. The maximum atomic E-state index is 13.7. The van der Waals surface area contributed by atoms with E-state index in [1.165, 1.54) is 22.6 Å². The zero-order chi connectivity index (χ0) is 25.2. The number of nitrogens with zero attached hydrogens (tertiary/aromatic N) is 3. The van der Waals surface area contributed by atoms with E-state index >= 15 is 0 Å². The first-order chi connectivity index (χ1) is 16.7. The van der Waals surface area contributed by atoms with E-state index in [0.717, 1.165) is 32.1 Å². The lowest BCUT2D eigenvalue weighted by molar-refractivity contribution is -0.127. The Hall–Kier alpha value is -3.69. The summed E-state index contributed by atoms with van der Waals surface area (Å²) < 4.78 is 6.46. The van der Waals surface area contributed by atoms with Gasteiger partial charge in [-0.1, -0.05) is 19.3 Å². The third kappa shape index (κ3) is 4.91. The number of carbonyl (C=O) groups is 4. The molecule has 1 fully saturated rings. The minimum atomic E-state index is -1.30. The van der Waals surface area contributed by atoms with Gasteiger partial charge in [0.1, 0.15) is 11.2 Å². The molecule has 10 nitrogen and oxygen atoms in total. The van der Waals surface area contributed by atoms with Crippen LogP contribution in [0.1, 0.15) is 73.9 Å². The summed E-state index contributed by atoms with van der Waals surface area (Å²) in [5.74, 6) is -1.56. The highest BCUT2D eigenvalue weighted by Crippen LogP contribution is 2.34. The topological polar surface area (TPSA) is 123 Å². The maximum Gasteiger partial charge on any atom is 0.358 e. The van der Waals surface area contributed by atoms with Gasteiger partial charge in [-0.2, -0.15) is 5.10 Å². The minimum Gasteiger partial charge on any atom is -0.461 e. The van der Waals surface area contributed by atoms with Crippen LogP contribution in [0.15, 0.2) is 30.3 Å². The van der Waals surface area contributed by atoms with Gasteiger partial charge in [-0.05, 0) is 51.0 Å². The first kappa shape index (κ1) is 24.4. The second-order valence-electron chi connectivity index (χ2n) is 9.24. The van der Waals surface area contributed by atoms with Gasteiger partial charge in [0.2, 0.25) is 11.8 Å². The number of amides is 3. The Kier molecular flexibility index (Phi) is 6.90. The first-order valence-corrected chi connectivity index (χ1v) is 12.0. The molecule has 1 unspecified atom stereocenters. The van der Waals surface area contributed by atoms with Crippen LogP contribution < -0.4 is 15.5 Å². The summed E-state index contributed by atoms with van der Waals surface area (Å²) in [5, 5.41) is 10.1. The molecule has 2 aromatic rings. The minimum absolute atomic E-state index is 0.0214. The SMILES string of the molecule is CCOC(=O)c1cc2n(n1)CC(C)(C(=O)NC1CCCCC1)N(c1ccc(NC(C)=O)cc1)C2=O. The molecule has 1 aliphatic carbocycles. The molecule has 1 saturated carbocycles. The molecule has 186 valence electrons. The zero-order valence-corrected chi connectivity index (χ0v) is 20.3. The average molecular weight is 482 g/mol. The number of esters is 1. The van der Waals surface area contributed by atoms with Crippen LogP contribution in [0.2, 0.25) is 0 Å². The number of rotatable bonds is 6. The van der Waals surface area contributed by atoms with Crippen molar-refractivity contribution in [1.82, 2.24) is 15.1 Å². The monoisotopic (exact) mass is 481 g/mol. The Morgan fingerprint density at radius 2 is 1.83 bits per heavy atom. The highest BCUT2D eigenvalue weighted by Gasteiger charge is 2.49. The van der Waals surface area contributed by atoms with Gasteiger partial charge in [-0.25, -0.2) is 4.79 Å². The fourth-order valence-electron chi connectivity index (χ4n) is 4.78. The number of ether oxygens (including phenoxy) is 1. The summed E-state index contributed by atoms with van der Waals surface area (Å²) in [4.78, 5) is 52.6. The molecule has 1 aromatic heterocycles. The fourth-order valence-corrected chi connectivity index (χ4v) is 4.78. The molecule has 1 aliphatic heterocycles. The molecule has 2 heterocycles. The van der Waals surface area contributed by atoms with Crippen molar-refractivity contribution in [3.63, 3.8) is 0 Å². The van der Waals surface area contributed by atoms with Crippen molar-refractivity contribution in [2.24, 2.45) is 0 Å². The van der Waals surface area contributed by atoms with E-state index in [0.29, 0.717) is 11.4 Å². The van der Waals surface area contributed by atoms with Crippen molar-refractivity contribution in [3.8, 4) is 0 Å². The number of nitrogens with one attached hydrogen (secondary N) is 2. The van der Waals surface area contributed by atoms with Gasteiger partial charge >= 0.3 is 5.97 Å². The van der Waals surface area contributed by atoms with E-state index in [2.05, 4.69) is 15.7 Å². The van der Waals surface area contributed by atoms with E-state index < -0.39 is 17.4 Å². The van der Waals surface area contributed by atoms with Crippen molar-refractivity contribution in [3.05, 3.63) is 41.7 Å². The molecule has 0 bridgehead atoms. The summed E-state index contributed by atoms with van der Waals surface area (Å²) in [6.07, 6.45) is 5.08. The number of hydrogen-bond acceptors (Lipinski definition) is 6. The molecule has 2 aliphatic rings. The van der Waals surface area contributed by atoms with E-state index in [9.17, 15) is 19.2 Å². The van der Waals surface area contributed by atoms with Gasteiger partial charge in [-0.3, -0.25) is 24.0 Å². The fraction of sp³-hybridized carbons (Fsp3) is 0.480. The lowest BCUT2D eigenvalue weighted by Crippen LogP contribution is -2.65. The molecule has 1 atom stereocenters. The smallest absolute Gasteiger partial charge is 0.358 e. The Labute approximate surface area is 204 Å². The summed E-state index contributed by atoms with van der Waals surface area (Å²) in [6, 6.07) is 8.19. The van der Waals surface area contributed by atoms with Crippen molar-refractivity contribution >= 4 is 35.1 Å². The second kappa shape index (κ2) is 9.89. The number of benzene rings is 1.